The molecule has 0 spiro atoms. The molecule has 10 rings (SSSR count). The Bertz CT molecular complexity index is 3060. The van der Waals surface area contributed by atoms with Crippen molar-refractivity contribution in [3.63, 3.8) is 0 Å². The first-order valence-corrected chi connectivity index (χ1v) is 25.0. The molecule has 0 N–H and O–H groups in total. The molecule has 4 heteroatoms. The van der Waals surface area contributed by atoms with Crippen LogP contribution in [0, 0.1) is 20.8 Å². The van der Waals surface area contributed by atoms with E-state index in [1.807, 2.05) is 11.3 Å². The average molecular weight is 873 g/mol. The van der Waals surface area contributed by atoms with Crippen molar-refractivity contribution in [1.29, 1.82) is 0 Å². The van der Waals surface area contributed by atoms with Crippen molar-refractivity contribution < 1.29 is 0 Å². The average Bonchev–Trinajstić information content (AvgIpc) is 3.59. The first kappa shape index (κ1) is 43.8. The number of benzene rings is 6. The molecule has 1 aliphatic carbocycles. The monoisotopic (exact) mass is 873 g/mol. The molecule has 1 aromatic heterocycles. The molecular formula is C61H69BN2S. The zero-order chi connectivity index (χ0) is 46.5. The highest BCUT2D eigenvalue weighted by molar-refractivity contribution is 7.33. The summed E-state index contributed by atoms with van der Waals surface area (Å²) in [6.07, 6.45) is 2.37. The second-order valence-electron chi connectivity index (χ2n) is 24.4. The highest BCUT2D eigenvalue weighted by atomic mass is 32.1. The summed E-state index contributed by atoms with van der Waals surface area (Å²) in [5.74, 6) is 0. The van der Waals surface area contributed by atoms with Crippen LogP contribution in [0.1, 0.15) is 147 Å². The van der Waals surface area contributed by atoms with Gasteiger partial charge < -0.3 is 9.80 Å². The van der Waals surface area contributed by atoms with Gasteiger partial charge >= 0.3 is 0 Å². The van der Waals surface area contributed by atoms with Crippen LogP contribution in [-0.4, -0.2) is 6.71 Å². The minimum atomic E-state index is -0.0172. The zero-order valence-electron chi connectivity index (χ0n) is 42.1. The minimum absolute atomic E-state index is 0.0172. The Balaban J connectivity index is 1.37. The van der Waals surface area contributed by atoms with Gasteiger partial charge in [-0.15, -0.1) is 11.3 Å². The highest BCUT2D eigenvalue weighted by Gasteiger charge is 2.47. The molecule has 0 saturated carbocycles. The zero-order valence-corrected chi connectivity index (χ0v) is 42.9. The number of aryl methyl sites for hydroxylation is 3. The molecule has 332 valence electrons. The number of hydrogen-bond donors (Lipinski definition) is 0. The molecule has 0 unspecified atom stereocenters. The third-order valence-electron chi connectivity index (χ3n) is 15.4. The summed E-state index contributed by atoms with van der Waals surface area (Å²) in [7, 11) is 0. The van der Waals surface area contributed by atoms with Gasteiger partial charge in [0.25, 0.3) is 6.71 Å². The molecule has 0 fully saturated rings. The van der Waals surface area contributed by atoms with Crippen LogP contribution < -0.4 is 25.5 Å². The van der Waals surface area contributed by atoms with Crippen LogP contribution in [-0.2, 0) is 27.1 Å². The number of rotatable bonds is 3. The van der Waals surface area contributed by atoms with Gasteiger partial charge in [0, 0.05) is 43.3 Å². The molecule has 0 saturated heterocycles. The van der Waals surface area contributed by atoms with Crippen molar-refractivity contribution >= 4 is 78.0 Å². The molecule has 3 heterocycles. The Labute approximate surface area is 395 Å². The number of fused-ring (bicyclic) bond motifs is 7. The van der Waals surface area contributed by atoms with E-state index in [0.717, 1.165) is 0 Å². The number of nitrogens with zero attached hydrogens (tertiary/aromatic N) is 2. The van der Waals surface area contributed by atoms with Gasteiger partial charge in [-0.2, -0.15) is 0 Å². The topological polar surface area (TPSA) is 6.48 Å². The molecule has 2 nitrogen and oxygen atoms in total. The standard InChI is InChI=1S/C61H69BN2S/c1-36-29-37(2)53(38(3)30-36)39-31-50-54-51(32-39)64(44-23-25-46-47(35-44)61(15,16)28-27-60(46,13)14)55-45-24-19-42(59(10,11)12)34-52(45)65-56(55)62(54)48-33-41(58(7,8)9)20-26-49(48)63(50)43-21-17-40(18-22-43)57(4,5)6/h17-26,29-35H,27-28H2,1-16H3. The van der Waals surface area contributed by atoms with E-state index in [1.165, 1.54) is 128 Å². The summed E-state index contributed by atoms with van der Waals surface area (Å²) < 4.78 is 2.79. The Morgan fingerprint density at radius 2 is 1.06 bits per heavy atom. The Hall–Kier alpha value is -5.06. The van der Waals surface area contributed by atoms with Crippen LogP contribution in [0.2, 0.25) is 0 Å². The second-order valence-corrected chi connectivity index (χ2v) is 25.5. The van der Waals surface area contributed by atoms with Crippen molar-refractivity contribution in [3.8, 4) is 11.1 Å². The number of thiophene rings is 1. The summed E-state index contributed by atoms with van der Waals surface area (Å²) in [6.45, 7) is 37.8. The third kappa shape index (κ3) is 7.03. The van der Waals surface area contributed by atoms with Crippen molar-refractivity contribution in [1.82, 2.24) is 0 Å². The van der Waals surface area contributed by atoms with Gasteiger partial charge in [-0.1, -0.05) is 150 Å². The predicted molar refractivity (Wildman–Crippen MR) is 287 cm³/mol. The van der Waals surface area contributed by atoms with Gasteiger partial charge in [0.05, 0.1) is 5.69 Å². The van der Waals surface area contributed by atoms with E-state index >= 15 is 0 Å². The maximum atomic E-state index is 2.71. The first-order chi connectivity index (χ1) is 30.3. The number of hydrogen-bond acceptors (Lipinski definition) is 3. The van der Waals surface area contributed by atoms with E-state index in [0.29, 0.717) is 0 Å². The third-order valence-corrected chi connectivity index (χ3v) is 16.7. The lowest BCUT2D eigenvalue weighted by molar-refractivity contribution is 0.332. The molecule has 7 aromatic rings. The molecule has 6 aromatic carbocycles. The van der Waals surface area contributed by atoms with Crippen LogP contribution in [0.5, 0.6) is 0 Å². The smallest absolute Gasteiger partial charge is 0.264 e. The van der Waals surface area contributed by atoms with E-state index in [9.17, 15) is 0 Å². The van der Waals surface area contributed by atoms with Crippen LogP contribution in [0.25, 0.3) is 21.2 Å². The maximum absolute atomic E-state index is 2.71. The molecule has 0 radical (unpaired) electrons. The first-order valence-electron chi connectivity index (χ1n) is 24.2. The minimum Gasteiger partial charge on any atom is -0.311 e. The van der Waals surface area contributed by atoms with E-state index in [-0.39, 0.29) is 33.8 Å². The van der Waals surface area contributed by atoms with Gasteiger partial charge in [0.2, 0.25) is 0 Å². The van der Waals surface area contributed by atoms with Crippen LogP contribution >= 0.6 is 11.3 Å². The van der Waals surface area contributed by atoms with E-state index in [4.69, 9.17) is 0 Å². The Kier molecular flexibility index (Phi) is 9.76. The van der Waals surface area contributed by atoms with Crippen LogP contribution in [0.3, 0.4) is 0 Å². The van der Waals surface area contributed by atoms with Crippen LogP contribution in [0.4, 0.5) is 34.1 Å². The van der Waals surface area contributed by atoms with Gasteiger partial charge in [0.1, 0.15) is 0 Å². The molecule has 0 atom stereocenters. The van der Waals surface area contributed by atoms with Crippen molar-refractivity contribution in [3.05, 3.63) is 148 Å². The van der Waals surface area contributed by atoms with E-state index in [2.05, 4.69) is 224 Å². The van der Waals surface area contributed by atoms with Crippen molar-refractivity contribution in [2.75, 3.05) is 9.80 Å². The van der Waals surface area contributed by atoms with Gasteiger partial charge in [-0.05, 0) is 170 Å². The fourth-order valence-corrected chi connectivity index (χ4v) is 12.9. The Morgan fingerprint density at radius 3 is 1.68 bits per heavy atom. The fourth-order valence-electron chi connectivity index (χ4n) is 11.6. The molecular weight excluding hydrogens is 804 g/mol. The molecule has 0 amide bonds. The summed E-state index contributed by atoms with van der Waals surface area (Å²) in [6, 6.07) is 41.6. The SMILES string of the molecule is Cc1cc(C)c(-c2cc3c4c(c2)N(c2ccc5c(c2)C(C)(C)CCC5(C)C)c2c(sc5cc(C(C)(C)C)ccc25)B4c2cc(C(C)(C)C)ccc2N3c2ccc(C(C)(C)C)cc2)c(C)c1. The summed E-state index contributed by atoms with van der Waals surface area (Å²) in [4.78, 5) is 5.32. The van der Waals surface area contributed by atoms with Gasteiger partial charge in [-0.3, -0.25) is 0 Å². The quantitative estimate of drug-likeness (QED) is 0.163. The largest absolute Gasteiger partial charge is 0.311 e. The van der Waals surface area contributed by atoms with Crippen LogP contribution in [0.15, 0.2) is 103 Å². The van der Waals surface area contributed by atoms with Gasteiger partial charge in [-0.25, -0.2) is 0 Å². The predicted octanol–water partition coefficient (Wildman–Crippen LogP) is 15.8. The Morgan fingerprint density at radius 1 is 0.523 bits per heavy atom. The second kappa shape index (κ2) is 14.5. The highest BCUT2D eigenvalue weighted by Crippen LogP contribution is 2.53. The molecule has 2 aliphatic heterocycles. The molecule has 0 bridgehead atoms. The van der Waals surface area contributed by atoms with E-state index in [1.54, 1.807) is 0 Å². The lowest BCUT2D eigenvalue weighted by Gasteiger charge is -2.45. The number of anilines is 6. The molecule has 3 aliphatic rings. The van der Waals surface area contributed by atoms with Gasteiger partial charge in [0.15, 0.2) is 0 Å². The normalized spacial score (nSPS) is 16.3. The summed E-state index contributed by atoms with van der Waals surface area (Å²) in [5, 5.41) is 1.34. The lowest BCUT2D eigenvalue weighted by Crippen LogP contribution is -2.60. The summed E-state index contributed by atoms with van der Waals surface area (Å²) in [5.41, 5.74) is 24.2. The lowest BCUT2D eigenvalue weighted by atomic mass is 9.36. The molecule has 65 heavy (non-hydrogen) atoms. The fraction of sp³-hybridized carbons (Fsp3) is 0.377. The van der Waals surface area contributed by atoms with Crippen molar-refractivity contribution in [2.24, 2.45) is 0 Å². The summed E-state index contributed by atoms with van der Waals surface area (Å²) >= 11 is 2.02. The van der Waals surface area contributed by atoms with E-state index < -0.39 is 0 Å². The maximum Gasteiger partial charge on any atom is 0.264 e. The van der Waals surface area contributed by atoms with Crippen molar-refractivity contribution in [2.45, 2.75) is 151 Å².